The molecule has 0 heterocycles. The molecule has 0 bridgehead atoms. The zero-order chi connectivity index (χ0) is 14.3. The van der Waals surface area contributed by atoms with Crippen LogP contribution in [0.2, 0.25) is 18.1 Å². The van der Waals surface area contributed by atoms with Crippen LogP contribution in [0.3, 0.4) is 0 Å². The van der Waals surface area contributed by atoms with Crippen molar-refractivity contribution in [3.63, 3.8) is 0 Å². The van der Waals surface area contributed by atoms with Crippen LogP contribution in [0.5, 0.6) is 0 Å². The van der Waals surface area contributed by atoms with Crippen molar-refractivity contribution in [2.24, 2.45) is 11.3 Å². The Balaban J connectivity index is 2.16. The van der Waals surface area contributed by atoms with Gasteiger partial charge in [-0.15, -0.1) is 0 Å². The van der Waals surface area contributed by atoms with E-state index in [4.69, 9.17) is 4.43 Å². The van der Waals surface area contributed by atoms with E-state index in [2.05, 4.69) is 33.9 Å². The van der Waals surface area contributed by atoms with Gasteiger partial charge in [-0.3, -0.25) is 0 Å². The standard InChI is InChI=1S/C16H32O2Si/c1-15(2,3)19(4,5)18-14-9-7-11-16(14)10-6-8-13(16)12-17/h13-14,17H,6-12H2,1-5H3/t13-,14+,16+/m0/s1. The third kappa shape index (κ3) is 2.66. The van der Waals surface area contributed by atoms with Crippen LogP contribution in [0.4, 0.5) is 0 Å². The molecule has 1 N–H and O–H groups in total. The van der Waals surface area contributed by atoms with Crippen molar-refractivity contribution in [2.45, 2.75) is 83.5 Å². The van der Waals surface area contributed by atoms with Crippen molar-refractivity contribution in [1.29, 1.82) is 0 Å². The fourth-order valence-corrected chi connectivity index (χ4v) is 5.39. The van der Waals surface area contributed by atoms with Gasteiger partial charge in [0.15, 0.2) is 8.32 Å². The molecule has 0 aromatic rings. The number of rotatable bonds is 3. The summed E-state index contributed by atoms with van der Waals surface area (Å²) in [7, 11) is -1.69. The zero-order valence-corrected chi connectivity index (χ0v) is 14.5. The molecule has 2 aliphatic rings. The van der Waals surface area contributed by atoms with Crippen LogP contribution in [-0.4, -0.2) is 26.1 Å². The second-order valence-corrected chi connectivity index (χ2v) is 13.0. The first-order valence-electron chi connectivity index (χ1n) is 8.02. The molecule has 2 saturated carbocycles. The normalized spacial score (nSPS) is 36.3. The summed E-state index contributed by atoms with van der Waals surface area (Å²) in [6.45, 7) is 12.0. The van der Waals surface area contributed by atoms with Crippen molar-refractivity contribution < 1.29 is 9.53 Å². The molecule has 2 nitrogen and oxygen atoms in total. The molecule has 0 saturated heterocycles. The Morgan fingerprint density at radius 1 is 1.16 bits per heavy atom. The molecule has 3 atom stereocenters. The molecule has 1 spiro atoms. The van der Waals surface area contributed by atoms with Gasteiger partial charge in [-0.25, -0.2) is 0 Å². The Morgan fingerprint density at radius 3 is 2.26 bits per heavy atom. The Hall–Kier alpha value is 0.137. The molecule has 0 amide bonds. The van der Waals surface area contributed by atoms with E-state index in [9.17, 15) is 5.11 Å². The first-order chi connectivity index (χ1) is 8.73. The molecule has 2 rings (SSSR count). The van der Waals surface area contributed by atoms with E-state index in [1.807, 2.05) is 0 Å². The first kappa shape index (κ1) is 15.5. The van der Waals surface area contributed by atoms with Gasteiger partial charge >= 0.3 is 0 Å². The number of aliphatic hydroxyl groups excluding tert-OH is 1. The molecule has 3 heteroatoms. The molecule has 2 aliphatic carbocycles. The summed E-state index contributed by atoms with van der Waals surface area (Å²) in [5, 5.41) is 10.0. The van der Waals surface area contributed by atoms with Crippen LogP contribution >= 0.6 is 0 Å². The topological polar surface area (TPSA) is 29.5 Å². The van der Waals surface area contributed by atoms with E-state index in [-0.39, 0.29) is 5.04 Å². The molecule has 0 aromatic carbocycles. The SMILES string of the molecule is CC(C)(C)[Si](C)(C)O[C@@H]1CCC[C@@]12CCC[C@H]2CO. The van der Waals surface area contributed by atoms with Crippen LogP contribution in [0, 0.1) is 11.3 Å². The fraction of sp³-hybridized carbons (Fsp3) is 1.00. The summed E-state index contributed by atoms with van der Waals surface area (Å²) >= 11 is 0. The van der Waals surface area contributed by atoms with E-state index < -0.39 is 8.32 Å². The summed E-state index contributed by atoms with van der Waals surface area (Å²) in [5.41, 5.74) is 0.310. The van der Waals surface area contributed by atoms with Crippen molar-refractivity contribution >= 4 is 8.32 Å². The molecular formula is C16H32O2Si. The van der Waals surface area contributed by atoms with E-state index in [0.717, 1.165) is 0 Å². The molecule has 0 unspecified atom stereocenters. The lowest BCUT2D eigenvalue weighted by Gasteiger charge is -2.44. The van der Waals surface area contributed by atoms with Gasteiger partial charge in [-0.1, -0.05) is 33.6 Å². The van der Waals surface area contributed by atoms with Gasteiger partial charge in [0.25, 0.3) is 0 Å². The van der Waals surface area contributed by atoms with Crippen molar-refractivity contribution in [1.82, 2.24) is 0 Å². The van der Waals surface area contributed by atoms with Crippen LogP contribution < -0.4 is 0 Å². The molecule has 0 aliphatic heterocycles. The Bertz CT molecular complexity index is 317. The van der Waals surface area contributed by atoms with Crippen molar-refractivity contribution in [3.05, 3.63) is 0 Å². The summed E-state index contributed by atoms with van der Waals surface area (Å²) in [5.74, 6) is 0.491. The highest BCUT2D eigenvalue weighted by Gasteiger charge is 2.53. The van der Waals surface area contributed by atoms with E-state index in [0.29, 0.717) is 24.0 Å². The maximum atomic E-state index is 9.72. The third-order valence-corrected chi connectivity index (χ3v) is 10.7. The van der Waals surface area contributed by atoms with Gasteiger partial charge in [0.2, 0.25) is 0 Å². The van der Waals surface area contributed by atoms with Gasteiger partial charge in [0.1, 0.15) is 0 Å². The van der Waals surface area contributed by atoms with Crippen LogP contribution in [-0.2, 0) is 4.43 Å². The maximum Gasteiger partial charge on any atom is 0.192 e. The second-order valence-electron chi connectivity index (χ2n) is 8.26. The smallest absolute Gasteiger partial charge is 0.192 e. The summed E-state index contributed by atoms with van der Waals surface area (Å²) < 4.78 is 6.76. The predicted octanol–water partition coefficient (Wildman–Crippen LogP) is 4.34. The van der Waals surface area contributed by atoms with Gasteiger partial charge in [-0.2, -0.15) is 0 Å². The van der Waals surface area contributed by atoms with Crippen molar-refractivity contribution in [3.8, 4) is 0 Å². The lowest BCUT2D eigenvalue weighted by Crippen LogP contribution is -2.48. The predicted molar refractivity (Wildman–Crippen MR) is 82.8 cm³/mol. The van der Waals surface area contributed by atoms with Crippen LogP contribution in [0.1, 0.15) is 59.3 Å². The quantitative estimate of drug-likeness (QED) is 0.781. The number of aliphatic hydroxyl groups is 1. The first-order valence-corrected chi connectivity index (χ1v) is 10.9. The Morgan fingerprint density at radius 2 is 1.74 bits per heavy atom. The maximum absolute atomic E-state index is 9.72. The molecule has 2 fully saturated rings. The summed E-state index contributed by atoms with van der Waals surface area (Å²) in [6, 6.07) is 0. The molecule has 19 heavy (non-hydrogen) atoms. The highest BCUT2D eigenvalue weighted by Crippen LogP contribution is 2.56. The highest BCUT2D eigenvalue weighted by molar-refractivity contribution is 6.74. The highest BCUT2D eigenvalue weighted by atomic mass is 28.4. The average Bonchev–Trinajstić information content (AvgIpc) is 2.86. The van der Waals surface area contributed by atoms with Crippen LogP contribution in [0.25, 0.3) is 0 Å². The minimum absolute atomic E-state index is 0.282. The number of hydrogen-bond donors (Lipinski definition) is 1. The average molecular weight is 285 g/mol. The second kappa shape index (κ2) is 5.16. The van der Waals surface area contributed by atoms with Gasteiger partial charge in [0, 0.05) is 12.0 Å². The molecule has 112 valence electrons. The Labute approximate surface area is 120 Å². The van der Waals surface area contributed by atoms with Gasteiger partial charge < -0.3 is 9.53 Å². The molecule has 0 radical (unpaired) electrons. The van der Waals surface area contributed by atoms with Crippen LogP contribution in [0.15, 0.2) is 0 Å². The van der Waals surface area contributed by atoms with E-state index >= 15 is 0 Å². The lowest BCUT2D eigenvalue weighted by molar-refractivity contribution is 0.0103. The third-order valence-electron chi connectivity index (χ3n) is 6.22. The number of hydrogen-bond acceptors (Lipinski definition) is 2. The Kier molecular flexibility index (Phi) is 4.21. The summed E-state index contributed by atoms with van der Waals surface area (Å²) in [6.07, 6.45) is 7.94. The summed E-state index contributed by atoms with van der Waals surface area (Å²) in [4.78, 5) is 0. The minimum Gasteiger partial charge on any atom is -0.413 e. The van der Waals surface area contributed by atoms with Crippen molar-refractivity contribution in [2.75, 3.05) is 6.61 Å². The minimum atomic E-state index is -1.69. The van der Waals surface area contributed by atoms with E-state index in [1.54, 1.807) is 0 Å². The van der Waals surface area contributed by atoms with Gasteiger partial charge in [-0.05, 0) is 49.7 Å². The largest absolute Gasteiger partial charge is 0.413 e. The molecular weight excluding hydrogens is 252 g/mol. The zero-order valence-electron chi connectivity index (χ0n) is 13.5. The van der Waals surface area contributed by atoms with Gasteiger partial charge in [0.05, 0.1) is 6.10 Å². The van der Waals surface area contributed by atoms with E-state index in [1.165, 1.54) is 38.5 Å². The monoisotopic (exact) mass is 284 g/mol. The lowest BCUT2D eigenvalue weighted by atomic mass is 9.75. The fourth-order valence-electron chi connectivity index (χ4n) is 3.97. The molecule has 0 aromatic heterocycles.